The zero-order valence-corrected chi connectivity index (χ0v) is 17.0. The number of piperazine rings is 1. The van der Waals surface area contributed by atoms with E-state index in [0.717, 1.165) is 42.8 Å². The van der Waals surface area contributed by atoms with Gasteiger partial charge in [0.1, 0.15) is 5.75 Å². The molecule has 2 aliphatic heterocycles. The second-order valence-electron chi connectivity index (χ2n) is 7.63. The lowest BCUT2D eigenvalue weighted by atomic mass is 10.1. The Morgan fingerprint density at radius 3 is 2.41 bits per heavy atom. The maximum atomic E-state index is 12.8. The number of nitrogens with zero attached hydrogens (tertiary/aromatic N) is 4. The highest BCUT2D eigenvalue weighted by molar-refractivity contribution is 5.92. The van der Waals surface area contributed by atoms with Crippen molar-refractivity contribution < 1.29 is 14.3 Å². The summed E-state index contributed by atoms with van der Waals surface area (Å²) in [6, 6.07) is 9.59. The number of carbonyl (C=O) groups excluding carboxylic acids is 2. The summed E-state index contributed by atoms with van der Waals surface area (Å²) in [5.41, 5.74) is 2.67. The van der Waals surface area contributed by atoms with E-state index >= 15 is 0 Å². The van der Waals surface area contributed by atoms with Gasteiger partial charge in [0.25, 0.3) is 5.91 Å². The molecule has 2 amide bonds. The lowest BCUT2D eigenvalue weighted by Crippen LogP contribution is -2.51. The van der Waals surface area contributed by atoms with Crippen LogP contribution < -0.4 is 4.74 Å². The van der Waals surface area contributed by atoms with Gasteiger partial charge in [-0.15, -0.1) is 0 Å². The number of ether oxygens (including phenoxy) is 1. The molecular formula is C22H28N4O3. The molecule has 29 heavy (non-hydrogen) atoms. The van der Waals surface area contributed by atoms with Crippen molar-refractivity contribution in [2.45, 2.75) is 39.2 Å². The standard InChI is InChI=1S/C22H28N4O3/c1-2-29-19-8-6-17(7-9-19)15-21(27)24-11-13-25(14-12-24)22(28)20-16-18-5-3-4-10-26(18)23-20/h6-9,16H,2-5,10-15H2,1H3. The van der Waals surface area contributed by atoms with Gasteiger partial charge in [-0.05, 0) is 49.9 Å². The number of carbonyl (C=O) groups is 2. The van der Waals surface area contributed by atoms with E-state index in [0.29, 0.717) is 44.9 Å². The first kappa shape index (κ1) is 19.5. The number of aromatic nitrogens is 2. The molecule has 1 aromatic heterocycles. The van der Waals surface area contributed by atoms with Crippen molar-refractivity contribution in [1.29, 1.82) is 0 Å². The number of benzene rings is 1. The van der Waals surface area contributed by atoms with Crippen LogP contribution in [0.25, 0.3) is 0 Å². The van der Waals surface area contributed by atoms with Crippen molar-refractivity contribution in [2.24, 2.45) is 0 Å². The Hall–Kier alpha value is -2.83. The van der Waals surface area contributed by atoms with Gasteiger partial charge in [0.05, 0.1) is 13.0 Å². The van der Waals surface area contributed by atoms with E-state index in [9.17, 15) is 9.59 Å². The number of hydrogen-bond acceptors (Lipinski definition) is 4. The first-order valence-electron chi connectivity index (χ1n) is 10.5. The van der Waals surface area contributed by atoms with Crippen LogP contribution in [0.5, 0.6) is 5.75 Å². The summed E-state index contributed by atoms with van der Waals surface area (Å²) in [5, 5.41) is 4.49. The smallest absolute Gasteiger partial charge is 0.274 e. The average molecular weight is 396 g/mol. The molecule has 0 N–H and O–H groups in total. The van der Waals surface area contributed by atoms with Crippen LogP contribution in [-0.4, -0.2) is 64.2 Å². The first-order valence-corrected chi connectivity index (χ1v) is 10.5. The van der Waals surface area contributed by atoms with Crippen LogP contribution in [0.2, 0.25) is 0 Å². The first-order chi connectivity index (χ1) is 14.1. The quantitative estimate of drug-likeness (QED) is 0.777. The molecule has 0 radical (unpaired) electrons. The molecule has 4 rings (SSSR count). The molecule has 0 unspecified atom stereocenters. The van der Waals surface area contributed by atoms with Crippen molar-refractivity contribution in [3.63, 3.8) is 0 Å². The van der Waals surface area contributed by atoms with Crippen molar-refractivity contribution in [2.75, 3.05) is 32.8 Å². The molecule has 0 bridgehead atoms. The van der Waals surface area contributed by atoms with Crippen molar-refractivity contribution in [3.8, 4) is 5.75 Å². The molecular weight excluding hydrogens is 368 g/mol. The topological polar surface area (TPSA) is 67.7 Å². The zero-order chi connectivity index (χ0) is 20.2. The minimum absolute atomic E-state index is 0.0227. The third-order valence-corrected chi connectivity index (χ3v) is 5.64. The summed E-state index contributed by atoms with van der Waals surface area (Å²) < 4.78 is 7.41. The Morgan fingerprint density at radius 2 is 1.72 bits per heavy atom. The van der Waals surface area contributed by atoms with Gasteiger partial charge in [-0.3, -0.25) is 14.3 Å². The summed E-state index contributed by atoms with van der Waals surface area (Å²) >= 11 is 0. The van der Waals surface area contributed by atoms with Crippen LogP contribution in [0.3, 0.4) is 0 Å². The van der Waals surface area contributed by atoms with Gasteiger partial charge in [-0.25, -0.2) is 0 Å². The largest absolute Gasteiger partial charge is 0.494 e. The van der Waals surface area contributed by atoms with Crippen molar-refractivity contribution in [1.82, 2.24) is 19.6 Å². The molecule has 154 valence electrons. The van der Waals surface area contributed by atoms with Crippen LogP contribution in [0, 0.1) is 0 Å². The van der Waals surface area contributed by atoms with Crippen molar-refractivity contribution >= 4 is 11.8 Å². The number of fused-ring (bicyclic) bond motifs is 1. The van der Waals surface area contributed by atoms with Crippen LogP contribution in [0.15, 0.2) is 30.3 Å². The molecule has 1 aromatic carbocycles. The molecule has 1 fully saturated rings. The summed E-state index contributed by atoms with van der Waals surface area (Å²) in [4.78, 5) is 29.1. The normalized spacial score (nSPS) is 16.4. The fourth-order valence-electron chi connectivity index (χ4n) is 4.00. The maximum Gasteiger partial charge on any atom is 0.274 e. The molecule has 0 atom stereocenters. The molecule has 2 aromatic rings. The number of amides is 2. The van der Waals surface area contributed by atoms with E-state index in [1.165, 1.54) is 0 Å². The highest BCUT2D eigenvalue weighted by atomic mass is 16.5. The summed E-state index contributed by atoms with van der Waals surface area (Å²) in [6.45, 7) is 5.71. The summed E-state index contributed by atoms with van der Waals surface area (Å²) in [7, 11) is 0. The molecule has 3 heterocycles. The van der Waals surface area contributed by atoms with E-state index in [1.807, 2.05) is 51.7 Å². The van der Waals surface area contributed by atoms with Gasteiger partial charge in [0.2, 0.25) is 5.91 Å². The third kappa shape index (κ3) is 4.44. The van der Waals surface area contributed by atoms with Gasteiger partial charge >= 0.3 is 0 Å². The van der Waals surface area contributed by atoms with Crippen LogP contribution in [0.4, 0.5) is 0 Å². The van der Waals surface area contributed by atoms with Gasteiger partial charge < -0.3 is 14.5 Å². The van der Waals surface area contributed by atoms with E-state index in [1.54, 1.807) is 0 Å². The summed E-state index contributed by atoms with van der Waals surface area (Å²) in [6.07, 6.45) is 3.65. The minimum atomic E-state index is -0.0227. The second-order valence-corrected chi connectivity index (χ2v) is 7.63. The van der Waals surface area contributed by atoms with Crippen LogP contribution in [0.1, 0.15) is 41.5 Å². The minimum Gasteiger partial charge on any atom is -0.494 e. The maximum absolute atomic E-state index is 12.8. The molecule has 0 spiro atoms. The number of hydrogen-bond donors (Lipinski definition) is 0. The van der Waals surface area contributed by atoms with Gasteiger partial charge in [-0.2, -0.15) is 5.10 Å². The SMILES string of the molecule is CCOc1ccc(CC(=O)N2CCN(C(=O)c3cc4n(n3)CCCC4)CC2)cc1. The van der Waals surface area contributed by atoms with E-state index in [-0.39, 0.29) is 11.8 Å². The van der Waals surface area contributed by atoms with Gasteiger partial charge in [-0.1, -0.05) is 12.1 Å². The summed E-state index contributed by atoms with van der Waals surface area (Å²) in [5.74, 6) is 0.890. The van der Waals surface area contributed by atoms with Crippen molar-refractivity contribution in [3.05, 3.63) is 47.3 Å². The fraction of sp³-hybridized carbons (Fsp3) is 0.500. The predicted molar refractivity (Wildman–Crippen MR) is 109 cm³/mol. The van der Waals surface area contributed by atoms with Crippen LogP contribution >= 0.6 is 0 Å². The Bertz CT molecular complexity index is 843. The molecule has 7 nitrogen and oxygen atoms in total. The number of rotatable bonds is 5. The molecule has 7 heteroatoms. The lowest BCUT2D eigenvalue weighted by molar-refractivity contribution is -0.131. The number of aryl methyl sites for hydroxylation is 2. The van der Waals surface area contributed by atoms with Gasteiger partial charge in [0.15, 0.2) is 5.69 Å². The molecule has 0 saturated carbocycles. The fourth-order valence-corrected chi connectivity index (χ4v) is 4.00. The molecule has 2 aliphatic rings. The van der Waals surface area contributed by atoms with E-state index in [2.05, 4.69) is 5.10 Å². The zero-order valence-electron chi connectivity index (χ0n) is 17.0. The Kier molecular flexibility index (Phi) is 5.83. The third-order valence-electron chi connectivity index (χ3n) is 5.64. The average Bonchev–Trinajstić information content (AvgIpc) is 3.19. The monoisotopic (exact) mass is 396 g/mol. The highest BCUT2D eigenvalue weighted by Gasteiger charge is 2.27. The Labute approximate surface area is 171 Å². The van der Waals surface area contributed by atoms with E-state index in [4.69, 9.17) is 4.74 Å². The molecule has 0 aliphatic carbocycles. The lowest BCUT2D eigenvalue weighted by Gasteiger charge is -2.34. The Morgan fingerprint density at radius 1 is 1.00 bits per heavy atom. The molecule has 1 saturated heterocycles. The second kappa shape index (κ2) is 8.68. The van der Waals surface area contributed by atoms with Gasteiger partial charge in [0, 0.05) is 38.4 Å². The Balaban J connectivity index is 1.30. The highest BCUT2D eigenvalue weighted by Crippen LogP contribution is 2.18. The van der Waals surface area contributed by atoms with E-state index < -0.39 is 0 Å². The predicted octanol–water partition coefficient (Wildman–Crippen LogP) is 2.15. The van der Waals surface area contributed by atoms with Crippen LogP contribution in [-0.2, 0) is 24.2 Å².